The van der Waals surface area contributed by atoms with Crippen LogP contribution in [0.3, 0.4) is 0 Å². The Hall–Kier alpha value is -3.17. The maximum absolute atomic E-state index is 12.4. The molecule has 0 atom stereocenters. The minimum Gasteiger partial charge on any atom is -0.495 e. The van der Waals surface area contributed by atoms with Gasteiger partial charge in [0, 0.05) is 5.02 Å². The summed E-state index contributed by atoms with van der Waals surface area (Å²) in [5, 5.41) is 12.3. The average Bonchev–Trinajstić information content (AvgIpc) is 3.18. The van der Waals surface area contributed by atoms with Gasteiger partial charge in [-0.25, -0.2) is 9.97 Å². The molecule has 152 valence electrons. The molecule has 4 rings (SSSR count). The molecule has 0 radical (unpaired) electrons. The summed E-state index contributed by atoms with van der Waals surface area (Å²) in [6.07, 6.45) is 1.44. The zero-order chi connectivity index (χ0) is 21.1. The number of benzene rings is 2. The van der Waals surface area contributed by atoms with Crippen LogP contribution in [0.4, 0.5) is 5.69 Å². The monoisotopic (exact) mass is 440 g/mol. The molecule has 4 aromatic rings. The highest BCUT2D eigenvalue weighted by molar-refractivity contribution is 8.00. The predicted molar refractivity (Wildman–Crippen MR) is 117 cm³/mol. The lowest BCUT2D eigenvalue weighted by atomic mass is 10.2. The van der Waals surface area contributed by atoms with E-state index in [9.17, 15) is 4.79 Å². The Labute approximate surface area is 181 Å². The molecule has 1 N–H and O–H groups in total. The van der Waals surface area contributed by atoms with Crippen LogP contribution < -0.4 is 10.1 Å². The SMILES string of the molecule is COc1ccc(Cl)cc1NC(=O)CSc1ncnc2c1nnn2-c1ccc(C)cc1. The number of carbonyl (C=O) groups excluding carboxylic acids is 1. The maximum Gasteiger partial charge on any atom is 0.234 e. The van der Waals surface area contributed by atoms with Gasteiger partial charge in [0.05, 0.1) is 24.2 Å². The summed E-state index contributed by atoms with van der Waals surface area (Å²) in [7, 11) is 1.53. The third-order valence-electron chi connectivity index (χ3n) is 4.26. The molecule has 0 aliphatic heterocycles. The molecule has 0 saturated heterocycles. The van der Waals surface area contributed by atoms with E-state index in [1.165, 1.54) is 25.2 Å². The second kappa shape index (κ2) is 8.68. The summed E-state index contributed by atoms with van der Waals surface area (Å²) in [6.45, 7) is 2.02. The fourth-order valence-electron chi connectivity index (χ4n) is 2.79. The second-order valence-electron chi connectivity index (χ2n) is 6.37. The number of hydrogen-bond donors (Lipinski definition) is 1. The highest BCUT2D eigenvalue weighted by atomic mass is 35.5. The van der Waals surface area contributed by atoms with Gasteiger partial charge in [0.15, 0.2) is 11.2 Å². The standard InChI is InChI=1S/C20H17ClN6O2S/c1-12-3-6-14(7-4-12)27-19-18(25-26-27)20(23-11-22-19)30-10-17(28)24-15-9-13(21)5-8-16(15)29-2/h3-9,11H,10H2,1-2H3,(H,24,28). The minimum atomic E-state index is -0.224. The van der Waals surface area contributed by atoms with Crippen LogP contribution in [0.5, 0.6) is 5.75 Å². The van der Waals surface area contributed by atoms with Gasteiger partial charge in [-0.15, -0.1) is 5.10 Å². The Morgan fingerprint density at radius 1 is 1.20 bits per heavy atom. The van der Waals surface area contributed by atoms with Gasteiger partial charge in [0.2, 0.25) is 5.91 Å². The van der Waals surface area contributed by atoms with Crippen molar-refractivity contribution in [1.29, 1.82) is 0 Å². The molecule has 0 bridgehead atoms. The van der Waals surface area contributed by atoms with E-state index in [1.807, 2.05) is 31.2 Å². The lowest BCUT2D eigenvalue weighted by Gasteiger charge is -2.10. The normalized spacial score (nSPS) is 10.9. The first-order chi connectivity index (χ1) is 14.5. The largest absolute Gasteiger partial charge is 0.495 e. The number of aromatic nitrogens is 5. The number of thioether (sulfide) groups is 1. The lowest BCUT2D eigenvalue weighted by Crippen LogP contribution is -2.15. The van der Waals surface area contributed by atoms with E-state index < -0.39 is 0 Å². The first kappa shape index (κ1) is 20.1. The topological polar surface area (TPSA) is 94.8 Å². The molecule has 8 nitrogen and oxygen atoms in total. The van der Waals surface area contributed by atoms with Crippen molar-refractivity contribution in [2.24, 2.45) is 0 Å². The average molecular weight is 441 g/mol. The van der Waals surface area contributed by atoms with Crippen LogP contribution >= 0.6 is 23.4 Å². The number of methoxy groups -OCH3 is 1. The Morgan fingerprint density at radius 2 is 2.00 bits per heavy atom. The van der Waals surface area contributed by atoms with E-state index in [2.05, 4.69) is 25.6 Å². The highest BCUT2D eigenvalue weighted by Crippen LogP contribution is 2.29. The van der Waals surface area contributed by atoms with Crippen LogP contribution in [-0.2, 0) is 4.79 Å². The maximum atomic E-state index is 12.4. The van der Waals surface area contributed by atoms with Crippen molar-refractivity contribution in [3.05, 3.63) is 59.4 Å². The van der Waals surface area contributed by atoms with Gasteiger partial charge < -0.3 is 10.1 Å². The Kier molecular flexibility index (Phi) is 5.82. The number of carbonyl (C=O) groups is 1. The minimum absolute atomic E-state index is 0.124. The number of aryl methyl sites for hydroxylation is 1. The van der Waals surface area contributed by atoms with Gasteiger partial charge in [0.1, 0.15) is 17.1 Å². The molecule has 0 aliphatic carbocycles. The molecule has 30 heavy (non-hydrogen) atoms. The number of nitrogens with zero attached hydrogens (tertiary/aromatic N) is 5. The van der Waals surface area contributed by atoms with Crippen molar-refractivity contribution >= 4 is 46.1 Å². The summed E-state index contributed by atoms with van der Waals surface area (Å²) >= 11 is 7.26. The van der Waals surface area contributed by atoms with Crippen LogP contribution in [0.2, 0.25) is 5.02 Å². The fraction of sp³-hybridized carbons (Fsp3) is 0.150. The van der Waals surface area contributed by atoms with Crippen LogP contribution in [-0.4, -0.2) is 43.7 Å². The first-order valence-electron chi connectivity index (χ1n) is 8.95. The van der Waals surface area contributed by atoms with Crippen molar-refractivity contribution in [2.75, 3.05) is 18.2 Å². The van der Waals surface area contributed by atoms with Crippen molar-refractivity contribution in [2.45, 2.75) is 11.9 Å². The molecular formula is C20H17ClN6O2S. The fourth-order valence-corrected chi connectivity index (χ4v) is 3.69. The van der Waals surface area contributed by atoms with Crippen LogP contribution in [0, 0.1) is 6.92 Å². The zero-order valence-electron chi connectivity index (χ0n) is 16.2. The Morgan fingerprint density at radius 3 is 2.77 bits per heavy atom. The van der Waals surface area contributed by atoms with E-state index >= 15 is 0 Å². The van der Waals surface area contributed by atoms with Gasteiger partial charge in [-0.3, -0.25) is 4.79 Å². The number of rotatable bonds is 6. The molecule has 2 aromatic heterocycles. The molecule has 0 saturated carbocycles. The molecule has 0 fully saturated rings. The van der Waals surface area contributed by atoms with Gasteiger partial charge in [-0.1, -0.05) is 46.3 Å². The number of amides is 1. The number of fused-ring (bicyclic) bond motifs is 1. The van der Waals surface area contributed by atoms with Crippen molar-refractivity contribution in [1.82, 2.24) is 25.0 Å². The summed E-state index contributed by atoms with van der Waals surface area (Å²) in [5.74, 6) is 0.431. The van der Waals surface area contributed by atoms with E-state index in [0.717, 1.165) is 11.3 Å². The summed E-state index contributed by atoms with van der Waals surface area (Å²) in [4.78, 5) is 21.0. The quantitative estimate of drug-likeness (QED) is 0.358. The molecule has 0 spiro atoms. The number of hydrogen-bond acceptors (Lipinski definition) is 7. The molecular weight excluding hydrogens is 424 g/mol. The molecule has 0 aliphatic rings. The molecule has 2 heterocycles. The van der Waals surface area contributed by atoms with E-state index in [1.54, 1.807) is 22.9 Å². The summed E-state index contributed by atoms with van der Waals surface area (Å²) in [5.41, 5.74) is 3.62. The van der Waals surface area contributed by atoms with Gasteiger partial charge in [0.25, 0.3) is 0 Å². The molecule has 10 heteroatoms. The first-order valence-corrected chi connectivity index (χ1v) is 10.3. The smallest absolute Gasteiger partial charge is 0.234 e. The number of anilines is 1. The number of ether oxygens (including phenoxy) is 1. The Bertz CT molecular complexity index is 1210. The van der Waals surface area contributed by atoms with Gasteiger partial charge in [-0.05, 0) is 37.3 Å². The van der Waals surface area contributed by atoms with Crippen LogP contribution in [0.1, 0.15) is 5.56 Å². The van der Waals surface area contributed by atoms with E-state index in [-0.39, 0.29) is 11.7 Å². The lowest BCUT2D eigenvalue weighted by molar-refractivity contribution is -0.113. The van der Waals surface area contributed by atoms with Crippen molar-refractivity contribution in [3.8, 4) is 11.4 Å². The van der Waals surface area contributed by atoms with E-state index in [0.29, 0.717) is 32.6 Å². The number of nitrogens with one attached hydrogen (secondary N) is 1. The third-order valence-corrected chi connectivity index (χ3v) is 5.47. The molecule has 1 amide bonds. The van der Waals surface area contributed by atoms with E-state index in [4.69, 9.17) is 16.3 Å². The third kappa shape index (κ3) is 4.22. The second-order valence-corrected chi connectivity index (χ2v) is 7.77. The van der Waals surface area contributed by atoms with Crippen LogP contribution in [0.25, 0.3) is 16.9 Å². The highest BCUT2D eigenvalue weighted by Gasteiger charge is 2.15. The van der Waals surface area contributed by atoms with Crippen molar-refractivity contribution in [3.63, 3.8) is 0 Å². The zero-order valence-corrected chi connectivity index (χ0v) is 17.7. The van der Waals surface area contributed by atoms with Gasteiger partial charge in [-0.2, -0.15) is 4.68 Å². The number of halogens is 1. The Balaban J connectivity index is 1.51. The predicted octanol–water partition coefficient (Wildman–Crippen LogP) is 3.91. The van der Waals surface area contributed by atoms with Crippen molar-refractivity contribution < 1.29 is 9.53 Å². The summed E-state index contributed by atoms with van der Waals surface area (Å²) < 4.78 is 6.90. The molecule has 0 unspecified atom stereocenters. The summed E-state index contributed by atoms with van der Waals surface area (Å²) in [6, 6.07) is 12.9. The van der Waals surface area contributed by atoms with Gasteiger partial charge >= 0.3 is 0 Å². The van der Waals surface area contributed by atoms with Crippen LogP contribution in [0.15, 0.2) is 53.8 Å². The molecule has 2 aromatic carbocycles.